The summed E-state index contributed by atoms with van der Waals surface area (Å²) in [6, 6.07) is 5.33. The fourth-order valence-electron chi connectivity index (χ4n) is 1.86. The molecule has 1 aromatic carbocycles. The fraction of sp³-hybridized carbons (Fsp3) is 0.467. The summed E-state index contributed by atoms with van der Waals surface area (Å²) in [5.74, 6) is -1.13. The molecule has 1 rings (SSSR count). The summed E-state index contributed by atoms with van der Waals surface area (Å²) in [5, 5.41) is 3.84. The van der Waals surface area contributed by atoms with Crippen LogP contribution >= 0.6 is 15.9 Å². The molecule has 1 unspecified atom stereocenters. The first kappa shape index (κ1) is 19.6. The van der Waals surface area contributed by atoms with Crippen molar-refractivity contribution in [1.82, 2.24) is 5.32 Å². The number of hydrogen-bond acceptors (Lipinski definition) is 4. The number of rotatable bonds is 7. The summed E-state index contributed by atoms with van der Waals surface area (Å²) in [5.41, 5.74) is 1.57. The van der Waals surface area contributed by atoms with Crippen molar-refractivity contribution in [2.75, 3.05) is 17.6 Å². The van der Waals surface area contributed by atoms with Gasteiger partial charge in [-0.15, -0.1) is 0 Å². The fourth-order valence-corrected chi connectivity index (χ4v) is 3.44. The Kier molecular flexibility index (Phi) is 7.21. The lowest BCUT2D eigenvalue weighted by atomic mass is 10.2. The molecule has 0 aromatic heterocycles. The van der Waals surface area contributed by atoms with E-state index < -0.39 is 26.9 Å². The van der Waals surface area contributed by atoms with Crippen LogP contribution in [0, 0.1) is 6.92 Å². The van der Waals surface area contributed by atoms with Crippen molar-refractivity contribution in [2.45, 2.75) is 32.4 Å². The van der Waals surface area contributed by atoms with Crippen molar-refractivity contribution in [3.63, 3.8) is 0 Å². The number of halogens is 1. The quantitative estimate of drug-likeness (QED) is 0.726. The van der Waals surface area contributed by atoms with Crippen molar-refractivity contribution in [3.8, 4) is 0 Å². The highest BCUT2D eigenvalue weighted by atomic mass is 79.9. The largest absolute Gasteiger partial charge is 0.346 e. The summed E-state index contributed by atoms with van der Waals surface area (Å²) in [4.78, 5) is 23.7. The zero-order valence-corrected chi connectivity index (χ0v) is 15.8. The normalized spacial score (nSPS) is 12.5. The maximum atomic E-state index is 11.8. The van der Waals surface area contributed by atoms with Gasteiger partial charge in [0.15, 0.2) is 9.84 Å². The third-order valence-electron chi connectivity index (χ3n) is 3.26. The van der Waals surface area contributed by atoms with E-state index in [1.807, 2.05) is 13.0 Å². The van der Waals surface area contributed by atoms with Crippen LogP contribution in [0.1, 0.15) is 25.8 Å². The first-order valence-electron chi connectivity index (χ1n) is 7.22. The van der Waals surface area contributed by atoms with Crippen LogP contribution in [0.3, 0.4) is 0 Å². The average molecular weight is 405 g/mol. The number of carbonyl (C=O) groups excluding carboxylic acids is 2. The molecule has 1 atom stereocenters. The highest BCUT2D eigenvalue weighted by Gasteiger charge is 2.27. The minimum absolute atomic E-state index is 0.0496. The SMILES string of the molecule is CCCS(=O)(=O)C(C)C(=O)NCC(=O)Nc1ccc(Br)c(C)c1. The maximum absolute atomic E-state index is 11.8. The van der Waals surface area contributed by atoms with Gasteiger partial charge in [0.25, 0.3) is 0 Å². The van der Waals surface area contributed by atoms with Gasteiger partial charge >= 0.3 is 0 Å². The highest BCUT2D eigenvalue weighted by molar-refractivity contribution is 9.10. The Morgan fingerprint density at radius 3 is 2.52 bits per heavy atom. The van der Waals surface area contributed by atoms with E-state index in [0.29, 0.717) is 12.1 Å². The first-order valence-corrected chi connectivity index (χ1v) is 9.73. The lowest BCUT2D eigenvalue weighted by Gasteiger charge is -2.13. The number of hydrogen-bond donors (Lipinski definition) is 2. The monoisotopic (exact) mass is 404 g/mol. The molecule has 23 heavy (non-hydrogen) atoms. The lowest BCUT2D eigenvalue weighted by Crippen LogP contribution is -2.42. The van der Waals surface area contributed by atoms with E-state index in [4.69, 9.17) is 0 Å². The number of amides is 2. The number of nitrogens with one attached hydrogen (secondary N) is 2. The van der Waals surface area contributed by atoms with Gasteiger partial charge in [0.05, 0.1) is 12.3 Å². The number of benzene rings is 1. The molecule has 0 aliphatic heterocycles. The minimum Gasteiger partial charge on any atom is -0.346 e. The van der Waals surface area contributed by atoms with Gasteiger partial charge in [-0.05, 0) is 44.0 Å². The molecule has 0 heterocycles. The van der Waals surface area contributed by atoms with Crippen LogP contribution in [0.25, 0.3) is 0 Å². The molecule has 8 heteroatoms. The van der Waals surface area contributed by atoms with Crippen LogP contribution < -0.4 is 10.6 Å². The van der Waals surface area contributed by atoms with Crippen LogP contribution in [0.15, 0.2) is 22.7 Å². The Hall–Kier alpha value is -1.41. The molecule has 0 bridgehead atoms. The third-order valence-corrected chi connectivity index (χ3v) is 6.42. The Morgan fingerprint density at radius 1 is 1.30 bits per heavy atom. The molecule has 0 aliphatic carbocycles. The van der Waals surface area contributed by atoms with Crippen LogP contribution in [0.2, 0.25) is 0 Å². The van der Waals surface area contributed by atoms with Crippen molar-refractivity contribution < 1.29 is 18.0 Å². The van der Waals surface area contributed by atoms with Crippen LogP contribution in [0.4, 0.5) is 5.69 Å². The zero-order chi connectivity index (χ0) is 17.6. The molecule has 0 radical (unpaired) electrons. The van der Waals surface area contributed by atoms with Crippen molar-refractivity contribution in [2.24, 2.45) is 0 Å². The summed E-state index contributed by atoms with van der Waals surface area (Å²) in [6.45, 7) is 4.67. The van der Waals surface area contributed by atoms with E-state index in [2.05, 4.69) is 26.6 Å². The Bertz CT molecular complexity index is 689. The molecular formula is C15H21BrN2O4S. The molecule has 6 nitrogen and oxygen atoms in total. The van der Waals surface area contributed by atoms with E-state index >= 15 is 0 Å². The van der Waals surface area contributed by atoms with Gasteiger partial charge in [-0.1, -0.05) is 22.9 Å². The molecule has 0 spiro atoms. The standard InChI is InChI=1S/C15H21BrN2O4S/c1-4-7-23(21,22)11(3)15(20)17-9-14(19)18-12-5-6-13(16)10(2)8-12/h5-6,8,11H,4,7,9H2,1-3H3,(H,17,20)(H,18,19). The molecular weight excluding hydrogens is 384 g/mol. The Morgan fingerprint density at radius 2 is 1.96 bits per heavy atom. The molecule has 2 amide bonds. The topological polar surface area (TPSA) is 92.3 Å². The van der Waals surface area contributed by atoms with Crippen LogP contribution in [-0.4, -0.2) is 37.8 Å². The van der Waals surface area contributed by atoms with Crippen molar-refractivity contribution >= 4 is 43.3 Å². The van der Waals surface area contributed by atoms with Gasteiger partial charge in [0, 0.05) is 10.2 Å². The predicted octanol–water partition coefficient (Wildman–Crippen LogP) is 2.03. The number of anilines is 1. The predicted molar refractivity (Wildman–Crippen MR) is 94.1 cm³/mol. The smallest absolute Gasteiger partial charge is 0.243 e. The van der Waals surface area contributed by atoms with E-state index in [0.717, 1.165) is 10.0 Å². The van der Waals surface area contributed by atoms with Gasteiger partial charge in [0.2, 0.25) is 11.8 Å². The van der Waals surface area contributed by atoms with Crippen LogP contribution in [-0.2, 0) is 19.4 Å². The molecule has 128 valence electrons. The molecule has 2 N–H and O–H groups in total. The van der Waals surface area contributed by atoms with Gasteiger partial charge < -0.3 is 10.6 Å². The molecule has 0 fully saturated rings. The van der Waals surface area contributed by atoms with E-state index in [-0.39, 0.29) is 12.3 Å². The first-order chi connectivity index (χ1) is 10.7. The van der Waals surface area contributed by atoms with Crippen molar-refractivity contribution in [1.29, 1.82) is 0 Å². The van der Waals surface area contributed by atoms with E-state index in [1.165, 1.54) is 6.92 Å². The summed E-state index contributed by atoms with van der Waals surface area (Å²) in [7, 11) is -3.48. The number of aryl methyl sites for hydroxylation is 1. The molecule has 0 saturated carbocycles. The minimum atomic E-state index is -3.48. The average Bonchev–Trinajstić information content (AvgIpc) is 2.47. The second-order valence-electron chi connectivity index (χ2n) is 5.24. The summed E-state index contributed by atoms with van der Waals surface area (Å²) >= 11 is 3.37. The van der Waals surface area contributed by atoms with Gasteiger partial charge in [-0.2, -0.15) is 0 Å². The van der Waals surface area contributed by atoms with Gasteiger partial charge in [0.1, 0.15) is 5.25 Å². The Labute approximate surface area is 145 Å². The number of carbonyl (C=O) groups is 2. The summed E-state index contributed by atoms with van der Waals surface area (Å²) in [6.07, 6.45) is 0.448. The zero-order valence-electron chi connectivity index (χ0n) is 13.3. The Balaban J connectivity index is 2.55. The maximum Gasteiger partial charge on any atom is 0.243 e. The van der Waals surface area contributed by atoms with Gasteiger partial charge in [-0.3, -0.25) is 9.59 Å². The van der Waals surface area contributed by atoms with E-state index in [1.54, 1.807) is 19.1 Å². The second kappa shape index (κ2) is 8.44. The van der Waals surface area contributed by atoms with Gasteiger partial charge in [-0.25, -0.2) is 8.42 Å². The summed E-state index contributed by atoms with van der Waals surface area (Å²) < 4.78 is 24.6. The van der Waals surface area contributed by atoms with Crippen molar-refractivity contribution in [3.05, 3.63) is 28.2 Å². The second-order valence-corrected chi connectivity index (χ2v) is 8.53. The van der Waals surface area contributed by atoms with Crippen LogP contribution in [0.5, 0.6) is 0 Å². The molecule has 0 aliphatic rings. The molecule has 1 aromatic rings. The number of sulfone groups is 1. The molecule has 0 saturated heterocycles. The third kappa shape index (κ3) is 5.95. The highest BCUT2D eigenvalue weighted by Crippen LogP contribution is 2.19. The van der Waals surface area contributed by atoms with E-state index in [9.17, 15) is 18.0 Å². The lowest BCUT2D eigenvalue weighted by molar-refractivity contribution is -0.123.